The lowest BCUT2D eigenvalue weighted by Gasteiger charge is -2.16. The molecule has 4 heteroatoms. The van der Waals surface area contributed by atoms with Crippen molar-refractivity contribution >= 4 is 12.4 Å². The van der Waals surface area contributed by atoms with Gasteiger partial charge in [0.25, 0.3) is 0 Å². The molecule has 0 atom stereocenters. The molecule has 2 rings (SSSR count). The van der Waals surface area contributed by atoms with E-state index in [1.807, 2.05) is 30.3 Å². The quantitative estimate of drug-likeness (QED) is 0.829. The average molecular weight is 322 g/mol. The van der Waals surface area contributed by atoms with Gasteiger partial charge in [-0.2, -0.15) is 0 Å². The first kappa shape index (κ1) is 18.3. The van der Waals surface area contributed by atoms with E-state index >= 15 is 0 Å². The Labute approximate surface area is 139 Å². The summed E-state index contributed by atoms with van der Waals surface area (Å²) in [7, 11) is 1.67. The van der Waals surface area contributed by atoms with Gasteiger partial charge < -0.3 is 14.8 Å². The van der Waals surface area contributed by atoms with Gasteiger partial charge in [-0.3, -0.25) is 0 Å². The standard InChI is InChI=1S/C18H23NO2.ClH/c1-14(2)19-12-16-10-7-11-17(20-3)18(16)21-13-15-8-5-4-6-9-15;/h4-11,14,19H,12-13H2,1-3H3;1H. The minimum absolute atomic E-state index is 0. The molecule has 0 saturated carbocycles. The zero-order chi connectivity index (χ0) is 15.1. The van der Waals surface area contributed by atoms with Gasteiger partial charge in [-0.25, -0.2) is 0 Å². The fourth-order valence-corrected chi connectivity index (χ4v) is 2.07. The van der Waals surface area contributed by atoms with Gasteiger partial charge in [-0.1, -0.05) is 56.3 Å². The molecular formula is C18H24ClNO2. The van der Waals surface area contributed by atoms with Crippen LogP contribution in [-0.2, 0) is 13.2 Å². The summed E-state index contributed by atoms with van der Waals surface area (Å²) in [6.07, 6.45) is 0. The molecule has 0 fully saturated rings. The van der Waals surface area contributed by atoms with Crippen LogP contribution in [0, 0.1) is 0 Å². The Morgan fingerprint density at radius 3 is 2.36 bits per heavy atom. The molecule has 0 bridgehead atoms. The van der Waals surface area contributed by atoms with E-state index in [4.69, 9.17) is 9.47 Å². The van der Waals surface area contributed by atoms with Crippen molar-refractivity contribution in [2.75, 3.05) is 7.11 Å². The van der Waals surface area contributed by atoms with Crippen LogP contribution in [0.5, 0.6) is 11.5 Å². The molecule has 0 aromatic heterocycles. The van der Waals surface area contributed by atoms with Gasteiger partial charge in [0.05, 0.1) is 7.11 Å². The number of rotatable bonds is 7. The Bertz CT molecular complexity index is 558. The molecule has 0 radical (unpaired) electrons. The molecular weight excluding hydrogens is 298 g/mol. The Hall–Kier alpha value is -1.71. The summed E-state index contributed by atoms with van der Waals surface area (Å²) in [5.41, 5.74) is 2.25. The van der Waals surface area contributed by atoms with Crippen LogP contribution >= 0.6 is 12.4 Å². The topological polar surface area (TPSA) is 30.5 Å². The maximum atomic E-state index is 6.01. The Morgan fingerprint density at radius 1 is 1.00 bits per heavy atom. The number of methoxy groups -OCH3 is 1. The van der Waals surface area contributed by atoms with Crippen molar-refractivity contribution in [3.05, 3.63) is 59.7 Å². The predicted molar refractivity (Wildman–Crippen MR) is 93.0 cm³/mol. The van der Waals surface area contributed by atoms with E-state index in [2.05, 4.69) is 37.4 Å². The van der Waals surface area contributed by atoms with E-state index < -0.39 is 0 Å². The van der Waals surface area contributed by atoms with Crippen LogP contribution in [-0.4, -0.2) is 13.2 Å². The van der Waals surface area contributed by atoms with Crippen molar-refractivity contribution in [2.24, 2.45) is 0 Å². The van der Waals surface area contributed by atoms with Crippen molar-refractivity contribution < 1.29 is 9.47 Å². The summed E-state index contributed by atoms with van der Waals surface area (Å²) < 4.78 is 11.4. The van der Waals surface area contributed by atoms with Crippen LogP contribution in [0.4, 0.5) is 0 Å². The van der Waals surface area contributed by atoms with E-state index in [0.717, 1.165) is 29.2 Å². The molecule has 0 heterocycles. The second kappa shape index (κ2) is 9.34. The van der Waals surface area contributed by atoms with Gasteiger partial charge in [-0.15, -0.1) is 12.4 Å². The highest BCUT2D eigenvalue weighted by atomic mass is 35.5. The second-order valence-electron chi connectivity index (χ2n) is 5.26. The van der Waals surface area contributed by atoms with Gasteiger partial charge in [0, 0.05) is 18.2 Å². The number of benzene rings is 2. The normalized spacial score (nSPS) is 10.2. The molecule has 3 nitrogen and oxygen atoms in total. The summed E-state index contributed by atoms with van der Waals surface area (Å²) >= 11 is 0. The Morgan fingerprint density at radius 2 is 1.73 bits per heavy atom. The van der Waals surface area contributed by atoms with E-state index in [-0.39, 0.29) is 12.4 Å². The van der Waals surface area contributed by atoms with Crippen molar-refractivity contribution in [1.29, 1.82) is 0 Å². The molecule has 120 valence electrons. The van der Waals surface area contributed by atoms with Gasteiger partial charge in [0.15, 0.2) is 11.5 Å². The van der Waals surface area contributed by atoms with Gasteiger partial charge >= 0.3 is 0 Å². The number of nitrogens with one attached hydrogen (secondary N) is 1. The molecule has 0 aliphatic carbocycles. The third-order valence-corrected chi connectivity index (χ3v) is 3.21. The first-order valence-corrected chi connectivity index (χ1v) is 7.26. The highest BCUT2D eigenvalue weighted by Crippen LogP contribution is 2.31. The molecule has 0 saturated heterocycles. The number of para-hydroxylation sites is 1. The van der Waals surface area contributed by atoms with E-state index in [0.29, 0.717) is 12.6 Å². The maximum Gasteiger partial charge on any atom is 0.166 e. The van der Waals surface area contributed by atoms with Crippen LogP contribution < -0.4 is 14.8 Å². The SMILES string of the molecule is COc1cccc(CNC(C)C)c1OCc1ccccc1.Cl. The molecule has 0 unspecified atom stereocenters. The first-order valence-electron chi connectivity index (χ1n) is 7.26. The first-order chi connectivity index (χ1) is 10.2. The van der Waals surface area contributed by atoms with Crippen LogP contribution in [0.15, 0.2) is 48.5 Å². The summed E-state index contributed by atoms with van der Waals surface area (Å²) in [5.74, 6) is 1.59. The third kappa shape index (κ3) is 5.24. The van der Waals surface area contributed by atoms with E-state index in [1.54, 1.807) is 7.11 Å². The fraction of sp³-hybridized carbons (Fsp3) is 0.333. The number of hydrogen-bond acceptors (Lipinski definition) is 3. The van der Waals surface area contributed by atoms with Crippen molar-refractivity contribution in [1.82, 2.24) is 5.32 Å². The predicted octanol–water partition coefficient (Wildman–Crippen LogP) is 4.19. The van der Waals surface area contributed by atoms with Crippen molar-refractivity contribution in [3.63, 3.8) is 0 Å². The smallest absolute Gasteiger partial charge is 0.166 e. The van der Waals surface area contributed by atoms with Gasteiger partial charge in [0.1, 0.15) is 6.61 Å². The summed E-state index contributed by atoms with van der Waals surface area (Å²) in [5, 5.41) is 3.42. The minimum atomic E-state index is 0. The molecule has 1 N–H and O–H groups in total. The van der Waals surface area contributed by atoms with Gasteiger partial charge in [0.2, 0.25) is 0 Å². The molecule has 0 aliphatic rings. The minimum Gasteiger partial charge on any atom is -0.493 e. The zero-order valence-corrected chi connectivity index (χ0v) is 14.2. The van der Waals surface area contributed by atoms with Crippen LogP contribution in [0.25, 0.3) is 0 Å². The molecule has 0 aliphatic heterocycles. The van der Waals surface area contributed by atoms with Gasteiger partial charge in [-0.05, 0) is 11.6 Å². The average Bonchev–Trinajstić information content (AvgIpc) is 2.52. The molecule has 2 aromatic rings. The molecule has 0 amide bonds. The van der Waals surface area contributed by atoms with E-state index in [1.165, 1.54) is 0 Å². The maximum absolute atomic E-state index is 6.01. The largest absolute Gasteiger partial charge is 0.493 e. The summed E-state index contributed by atoms with van der Waals surface area (Å²) in [4.78, 5) is 0. The van der Waals surface area contributed by atoms with Crippen LogP contribution in [0.2, 0.25) is 0 Å². The monoisotopic (exact) mass is 321 g/mol. The highest BCUT2D eigenvalue weighted by molar-refractivity contribution is 5.85. The van der Waals surface area contributed by atoms with Crippen LogP contribution in [0.3, 0.4) is 0 Å². The fourth-order valence-electron chi connectivity index (χ4n) is 2.07. The molecule has 0 spiro atoms. The lowest BCUT2D eigenvalue weighted by Crippen LogP contribution is -2.22. The highest BCUT2D eigenvalue weighted by Gasteiger charge is 2.11. The number of ether oxygens (including phenoxy) is 2. The number of hydrogen-bond donors (Lipinski definition) is 1. The Kier molecular flexibility index (Phi) is 7.78. The third-order valence-electron chi connectivity index (χ3n) is 3.21. The zero-order valence-electron chi connectivity index (χ0n) is 13.3. The summed E-state index contributed by atoms with van der Waals surface area (Å²) in [6.45, 7) is 5.56. The second-order valence-corrected chi connectivity index (χ2v) is 5.26. The molecule has 22 heavy (non-hydrogen) atoms. The van der Waals surface area contributed by atoms with Crippen molar-refractivity contribution in [2.45, 2.75) is 33.0 Å². The number of halogens is 1. The molecule has 2 aromatic carbocycles. The van der Waals surface area contributed by atoms with Crippen LogP contribution in [0.1, 0.15) is 25.0 Å². The van der Waals surface area contributed by atoms with Crippen molar-refractivity contribution in [3.8, 4) is 11.5 Å². The van der Waals surface area contributed by atoms with E-state index in [9.17, 15) is 0 Å². The lowest BCUT2D eigenvalue weighted by molar-refractivity contribution is 0.280. The Balaban J connectivity index is 0.00000242. The lowest BCUT2D eigenvalue weighted by atomic mass is 10.1. The summed E-state index contributed by atoms with van der Waals surface area (Å²) in [6, 6.07) is 16.6.